The lowest BCUT2D eigenvalue weighted by Crippen LogP contribution is -2.54. The summed E-state index contributed by atoms with van der Waals surface area (Å²) in [6, 6.07) is 11.0. The van der Waals surface area contributed by atoms with E-state index in [1.807, 2.05) is 0 Å². The number of halogens is 1. The zero-order valence-electron chi connectivity index (χ0n) is 23.7. The first kappa shape index (κ1) is 28.5. The summed E-state index contributed by atoms with van der Waals surface area (Å²) < 4.78 is 32.8. The average molecular weight is 567 g/mol. The summed E-state index contributed by atoms with van der Waals surface area (Å²) in [5, 5.41) is 7.50. The van der Waals surface area contributed by atoms with Crippen LogP contribution in [-0.2, 0) is 24.7 Å². The minimum absolute atomic E-state index is 0.136. The summed E-state index contributed by atoms with van der Waals surface area (Å²) >= 11 is 0. The summed E-state index contributed by atoms with van der Waals surface area (Å²) in [4.78, 5) is 41.7. The number of ether oxygens (including phenoxy) is 3. The van der Waals surface area contributed by atoms with E-state index in [0.717, 1.165) is 17.5 Å². The van der Waals surface area contributed by atoms with Gasteiger partial charge in [0.25, 0.3) is 5.91 Å². The van der Waals surface area contributed by atoms with Crippen molar-refractivity contribution in [2.75, 3.05) is 25.6 Å². The minimum Gasteiger partial charge on any atom is -0.497 e. The van der Waals surface area contributed by atoms with Gasteiger partial charge in [0.05, 0.1) is 31.1 Å². The zero-order valence-corrected chi connectivity index (χ0v) is 23.7. The molecule has 3 atom stereocenters. The number of hydrogen-bond acceptors (Lipinski definition) is 7. The number of carbonyl (C=O) groups is 3. The highest BCUT2D eigenvalue weighted by atomic mass is 19.1. The van der Waals surface area contributed by atoms with Crippen molar-refractivity contribution >= 4 is 34.5 Å². The Kier molecular flexibility index (Phi) is 7.74. The molecule has 2 amide bonds. The third-order valence-electron chi connectivity index (χ3n) is 7.42. The molecule has 3 heterocycles. The van der Waals surface area contributed by atoms with Gasteiger partial charge in [-0.15, -0.1) is 0 Å². The number of fused-ring (bicyclic) bond motifs is 1. The van der Waals surface area contributed by atoms with Crippen molar-refractivity contribution in [3.63, 3.8) is 0 Å². The molecule has 11 heteroatoms. The number of nitrogens with one attached hydrogen (secondary N) is 1. The van der Waals surface area contributed by atoms with E-state index in [1.54, 1.807) is 70.3 Å². The van der Waals surface area contributed by atoms with Crippen LogP contribution in [0.5, 0.6) is 5.75 Å². The normalized spacial score (nSPS) is 22.9. The maximum absolute atomic E-state index is 14.9. The highest BCUT2D eigenvalue weighted by molar-refractivity contribution is 6.05. The Bertz CT molecular complexity index is 1440. The fourth-order valence-electron chi connectivity index (χ4n) is 5.49. The minimum atomic E-state index is -1.36. The van der Waals surface area contributed by atoms with Crippen LogP contribution >= 0.6 is 0 Å². The van der Waals surface area contributed by atoms with Gasteiger partial charge in [0.2, 0.25) is 5.91 Å². The van der Waals surface area contributed by atoms with Crippen molar-refractivity contribution in [1.29, 1.82) is 0 Å². The average Bonchev–Trinajstić information content (AvgIpc) is 3.56. The molecule has 1 unspecified atom stereocenters. The van der Waals surface area contributed by atoms with Gasteiger partial charge in [-0.05, 0) is 69.9 Å². The van der Waals surface area contributed by atoms with E-state index in [9.17, 15) is 18.8 Å². The predicted molar refractivity (Wildman–Crippen MR) is 149 cm³/mol. The highest BCUT2D eigenvalue weighted by Crippen LogP contribution is 2.40. The molecule has 0 saturated carbocycles. The maximum Gasteiger partial charge on any atom is 0.435 e. The molecular weight excluding hydrogens is 531 g/mol. The number of carbonyl (C=O) groups excluding carboxylic acids is 3. The van der Waals surface area contributed by atoms with Crippen molar-refractivity contribution in [2.24, 2.45) is 0 Å². The predicted octanol–water partition coefficient (Wildman–Crippen LogP) is 4.80. The Hall–Kier alpha value is -3.99. The third kappa shape index (κ3) is 5.63. The second-order valence-corrected chi connectivity index (χ2v) is 11.4. The van der Waals surface area contributed by atoms with Gasteiger partial charge in [-0.3, -0.25) is 9.59 Å². The van der Waals surface area contributed by atoms with Crippen molar-refractivity contribution in [2.45, 2.75) is 69.9 Å². The summed E-state index contributed by atoms with van der Waals surface area (Å²) in [6.07, 6.45) is 1.29. The number of anilines is 1. The lowest BCUT2D eigenvalue weighted by molar-refractivity contribution is -0.169. The van der Waals surface area contributed by atoms with E-state index in [1.165, 1.54) is 11.1 Å². The molecule has 2 aromatic carbocycles. The Balaban J connectivity index is 1.41. The summed E-state index contributed by atoms with van der Waals surface area (Å²) in [5.41, 5.74) is -0.566. The molecule has 2 aliphatic heterocycles. The van der Waals surface area contributed by atoms with E-state index in [2.05, 4.69) is 10.4 Å². The van der Waals surface area contributed by atoms with Gasteiger partial charge >= 0.3 is 6.09 Å². The monoisotopic (exact) mass is 566 g/mol. The summed E-state index contributed by atoms with van der Waals surface area (Å²) in [7, 11) is 1.56. The molecule has 2 aliphatic rings. The fourth-order valence-corrected chi connectivity index (χ4v) is 5.49. The van der Waals surface area contributed by atoms with Gasteiger partial charge in [0.1, 0.15) is 23.6 Å². The van der Waals surface area contributed by atoms with E-state index >= 15 is 0 Å². The van der Waals surface area contributed by atoms with Crippen molar-refractivity contribution < 1.29 is 33.0 Å². The van der Waals surface area contributed by atoms with Gasteiger partial charge in [-0.25, -0.2) is 9.18 Å². The molecule has 2 fully saturated rings. The number of likely N-dealkylation sites (tertiary alicyclic amines) is 1. The molecular formula is C30H35FN4O6. The number of alkyl halides is 1. The number of nitrogens with zero attached hydrogens (tertiary/aromatic N) is 3. The first-order valence-electron chi connectivity index (χ1n) is 13.8. The smallest absolute Gasteiger partial charge is 0.435 e. The van der Waals surface area contributed by atoms with Gasteiger partial charge in [0.15, 0.2) is 5.60 Å². The lowest BCUT2D eigenvalue weighted by Gasteiger charge is -2.40. The number of amides is 2. The highest BCUT2D eigenvalue weighted by Gasteiger charge is 2.50. The van der Waals surface area contributed by atoms with E-state index in [-0.39, 0.29) is 13.0 Å². The lowest BCUT2D eigenvalue weighted by atomic mass is 9.84. The first-order valence-corrected chi connectivity index (χ1v) is 13.8. The molecule has 1 N–H and O–H groups in total. The summed E-state index contributed by atoms with van der Waals surface area (Å²) in [6.45, 7) is 5.44. The topological polar surface area (TPSA) is 112 Å². The molecule has 0 radical (unpaired) electrons. The second-order valence-electron chi connectivity index (χ2n) is 11.4. The zero-order chi connectivity index (χ0) is 29.4. The number of rotatable bonds is 5. The summed E-state index contributed by atoms with van der Waals surface area (Å²) in [5.74, 6) is -0.325. The van der Waals surface area contributed by atoms with Crippen LogP contribution in [0.4, 0.5) is 14.9 Å². The van der Waals surface area contributed by atoms with E-state index in [4.69, 9.17) is 14.2 Å². The Morgan fingerprint density at radius 3 is 2.54 bits per heavy atom. The molecule has 41 heavy (non-hydrogen) atoms. The van der Waals surface area contributed by atoms with Crippen molar-refractivity contribution in [3.05, 3.63) is 54.2 Å². The molecule has 218 valence electrons. The van der Waals surface area contributed by atoms with Gasteiger partial charge in [-0.2, -0.15) is 9.78 Å². The standard InChI is InChI=1S/C30H35FN4O6/c1-29(2,3)41-28(38)35-24-9-7-8-23(22(24)17-32-35)33-26(36)25-16-20(31)18-34(25)27(37)30(14-5-6-15-40-30)19-10-12-21(39-4)13-11-19/h7-13,17,20,25H,5-6,14-16,18H2,1-4H3,(H,33,36)/t20-,25-,30?/m1/s1. The molecule has 5 rings (SSSR count). The van der Waals surface area contributed by atoms with Gasteiger partial charge in [-0.1, -0.05) is 18.2 Å². The Morgan fingerprint density at radius 1 is 1.12 bits per heavy atom. The van der Waals surface area contributed by atoms with Crippen LogP contribution in [0.25, 0.3) is 10.9 Å². The molecule has 10 nitrogen and oxygen atoms in total. The van der Waals surface area contributed by atoms with Gasteiger partial charge in [0, 0.05) is 18.4 Å². The number of aromatic nitrogens is 2. The molecule has 0 spiro atoms. The van der Waals surface area contributed by atoms with Gasteiger partial charge < -0.3 is 24.4 Å². The SMILES string of the molecule is COc1ccc(C2(C(=O)N3C[C@H](F)C[C@@H]3C(=O)Nc3cccc4c3cnn4C(=O)OC(C)(C)C)CCCCO2)cc1. The molecule has 0 bridgehead atoms. The van der Waals surface area contributed by atoms with Crippen LogP contribution in [0.3, 0.4) is 0 Å². The fraction of sp³-hybridized carbons (Fsp3) is 0.467. The Morgan fingerprint density at radius 2 is 1.88 bits per heavy atom. The molecule has 2 saturated heterocycles. The molecule has 0 aliphatic carbocycles. The number of benzene rings is 2. The quantitative estimate of drug-likeness (QED) is 0.472. The van der Waals surface area contributed by atoms with E-state index in [0.29, 0.717) is 40.9 Å². The van der Waals surface area contributed by atoms with Crippen LogP contribution in [0.2, 0.25) is 0 Å². The Labute approximate surface area is 237 Å². The third-order valence-corrected chi connectivity index (χ3v) is 7.42. The van der Waals surface area contributed by atoms with Crippen LogP contribution in [0, 0.1) is 0 Å². The molecule has 1 aromatic heterocycles. The van der Waals surface area contributed by atoms with Crippen LogP contribution < -0.4 is 10.1 Å². The first-order chi connectivity index (χ1) is 19.5. The van der Waals surface area contributed by atoms with Crippen molar-refractivity contribution in [1.82, 2.24) is 14.7 Å². The molecule has 3 aromatic rings. The second kappa shape index (κ2) is 11.1. The number of hydrogen-bond donors (Lipinski definition) is 1. The van der Waals surface area contributed by atoms with Crippen LogP contribution in [0.15, 0.2) is 48.7 Å². The largest absolute Gasteiger partial charge is 0.497 e. The maximum atomic E-state index is 14.9. The van der Waals surface area contributed by atoms with Crippen molar-refractivity contribution in [3.8, 4) is 5.75 Å². The van der Waals surface area contributed by atoms with Crippen LogP contribution in [0.1, 0.15) is 52.0 Å². The van der Waals surface area contributed by atoms with E-state index < -0.39 is 41.3 Å². The number of methoxy groups -OCH3 is 1. The van der Waals surface area contributed by atoms with Crippen LogP contribution in [-0.4, -0.2) is 70.7 Å².